The van der Waals surface area contributed by atoms with Crippen LogP contribution in [0.5, 0.6) is 0 Å². The van der Waals surface area contributed by atoms with Crippen LogP contribution in [0.2, 0.25) is 0 Å². The summed E-state index contributed by atoms with van der Waals surface area (Å²) in [5.41, 5.74) is 5.48. The quantitative estimate of drug-likeness (QED) is 0.440. The third kappa shape index (κ3) is 5.27. The summed E-state index contributed by atoms with van der Waals surface area (Å²) < 4.78 is 4.59. The molecule has 0 fully saturated rings. The molecule has 0 saturated carbocycles. The van der Waals surface area contributed by atoms with Crippen LogP contribution in [0.3, 0.4) is 0 Å². The highest BCUT2D eigenvalue weighted by Gasteiger charge is 1.99. The highest BCUT2D eigenvalue weighted by Crippen LogP contribution is 1.89. The number of hydrogen-bond acceptors (Lipinski definition) is 4. The molecule has 0 aliphatic heterocycles. The van der Waals surface area contributed by atoms with Gasteiger partial charge in [-0.3, -0.25) is 0 Å². The number of esters is 1. The molecule has 0 radical (unpaired) electrons. The van der Waals surface area contributed by atoms with Crippen molar-refractivity contribution in [2.24, 2.45) is 5.73 Å². The molecular formula is C6H14N2O2. The highest BCUT2D eigenvalue weighted by atomic mass is 16.5. The van der Waals surface area contributed by atoms with E-state index in [1.807, 2.05) is 0 Å². The van der Waals surface area contributed by atoms with Gasteiger partial charge in [-0.2, -0.15) is 0 Å². The minimum absolute atomic E-state index is 0. The molecule has 0 aromatic heterocycles. The van der Waals surface area contributed by atoms with Crippen LogP contribution in [-0.2, 0) is 9.53 Å². The molecular weight excluding hydrogens is 132 g/mol. The maximum Gasteiger partial charge on any atom is 0.333 e. The van der Waals surface area contributed by atoms with Gasteiger partial charge in [0.25, 0.3) is 0 Å². The molecule has 0 aliphatic rings. The van der Waals surface area contributed by atoms with Gasteiger partial charge in [0.15, 0.2) is 0 Å². The van der Waals surface area contributed by atoms with Crippen LogP contribution in [0.4, 0.5) is 0 Å². The maximum absolute atomic E-state index is 10.5. The molecule has 0 aliphatic carbocycles. The van der Waals surface area contributed by atoms with Crippen molar-refractivity contribution in [3.63, 3.8) is 0 Å². The normalized spacial score (nSPS) is 7.80. The minimum Gasteiger partial charge on any atom is -0.461 e. The van der Waals surface area contributed by atoms with Gasteiger partial charge in [0, 0.05) is 12.1 Å². The lowest BCUT2D eigenvalue weighted by molar-refractivity contribution is -0.138. The predicted molar refractivity (Wildman–Crippen MR) is 39.8 cm³/mol. The van der Waals surface area contributed by atoms with Crippen molar-refractivity contribution in [2.75, 3.05) is 13.2 Å². The molecule has 0 aromatic rings. The van der Waals surface area contributed by atoms with E-state index >= 15 is 0 Å². The van der Waals surface area contributed by atoms with Crippen LogP contribution < -0.4 is 11.9 Å². The van der Waals surface area contributed by atoms with Crippen LogP contribution in [0.1, 0.15) is 6.92 Å². The third-order valence-electron chi connectivity index (χ3n) is 0.699. The average Bonchev–Trinajstić information content (AvgIpc) is 1.82. The van der Waals surface area contributed by atoms with Gasteiger partial charge in [-0.05, 0) is 6.92 Å². The summed E-state index contributed by atoms with van der Waals surface area (Å²) in [6.45, 7) is 5.62. The summed E-state index contributed by atoms with van der Waals surface area (Å²) in [5, 5.41) is 0. The first-order valence-corrected chi connectivity index (χ1v) is 2.71. The monoisotopic (exact) mass is 146 g/mol. The van der Waals surface area contributed by atoms with E-state index in [9.17, 15) is 4.79 Å². The fourth-order valence-corrected chi connectivity index (χ4v) is 0.275. The Balaban J connectivity index is 0. The molecule has 0 spiro atoms. The second-order valence-electron chi connectivity index (χ2n) is 1.70. The molecule has 0 atom stereocenters. The molecule has 60 valence electrons. The van der Waals surface area contributed by atoms with Crippen molar-refractivity contribution >= 4 is 5.97 Å². The van der Waals surface area contributed by atoms with Crippen molar-refractivity contribution in [1.82, 2.24) is 6.15 Å². The van der Waals surface area contributed by atoms with Gasteiger partial charge in [-0.1, -0.05) is 6.58 Å². The number of ether oxygens (including phenoxy) is 1. The summed E-state index contributed by atoms with van der Waals surface area (Å²) >= 11 is 0. The topological polar surface area (TPSA) is 87.3 Å². The Labute approximate surface area is 60.6 Å². The van der Waals surface area contributed by atoms with Gasteiger partial charge < -0.3 is 16.6 Å². The Bertz CT molecular complexity index is 123. The Morgan fingerprint density at radius 1 is 1.70 bits per heavy atom. The SMILES string of the molecule is C=C(C)C(=O)OCCN.N. The summed E-state index contributed by atoms with van der Waals surface area (Å²) in [6.07, 6.45) is 0. The van der Waals surface area contributed by atoms with E-state index in [-0.39, 0.29) is 18.7 Å². The fraction of sp³-hybridized carbons (Fsp3) is 0.500. The molecule has 0 amide bonds. The average molecular weight is 146 g/mol. The molecule has 0 saturated heterocycles. The molecule has 0 unspecified atom stereocenters. The van der Waals surface area contributed by atoms with Crippen molar-refractivity contribution in [2.45, 2.75) is 6.92 Å². The van der Waals surface area contributed by atoms with E-state index in [0.717, 1.165) is 0 Å². The van der Waals surface area contributed by atoms with Crippen LogP contribution in [0.15, 0.2) is 12.2 Å². The van der Waals surface area contributed by atoms with Crippen molar-refractivity contribution in [1.29, 1.82) is 0 Å². The second kappa shape index (κ2) is 6.25. The standard InChI is InChI=1S/C6H11NO2.H3N/c1-5(2)6(8)9-4-3-7;/h1,3-4,7H2,2H3;1H3. The summed E-state index contributed by atoms with van der Waals surface area (Å²) in [4.78, 5) is 10.5. The van der Waals surface area contributed by atoms with Crippen molar-refractivity contribution in [3.8, 4) is 0 Å². The molecule has 0 rings (SSSR count). The largest absolute Gasteiger partial charge is 0.461 e. The van der Waals surface area contributed by atoms with E-state index < -0.39 is 0 Å². The van der Waals surface area contributed by atoms with Crippen molar-refractivity contribution < 1.29 is 9.53 Å². The fourth-order valence-electron chi connectivity index (χ4n) is 0.275. The van der Waals surface area contributed by atoms with Gasteiger partial charge >= 0.3 is 5.97 Å². The molecule has 4 nitrogen and oxygen atoms in total. The summed E-state index contributed by atoms with van der Waals surface area (Å²) in [7, 11) is 0. The number of hydrogen-bond donors (Lipinski definition) is 2. The molecule has 4 heteroatoms. The molecule has 0 bridgehead atoms. The predicted octanol–water partition coefficient (Wildman–Crippen LogP) is 0.226. The van der Waals surface area contributed by atoms with E-state index in [0.29, 0.717) is 12.1 Å². The summed E-state index contributed by atoms with van der Waals surface area (Å²) in [6, 6.07) is 0. The van der Waals surface area contributed by atoms with Gasteiger partial charge in [-0.15, -0.1) is 0 Å². The van der Waals surface area contributed by atoms with Crippen LogP contribution >= 0.6 is 0 Å². The highest BCUT2D eigenvalue weighted by molar-refractivity contribution is 5.86. The third-order valence-corrected chi connectivity index (χ3v) is 0.699. The van der Waals surface area contributed by atoms with Crippen molar-refractivity contribution in [3.05, 3.63) is 12.2 Å². The van der Waals surface area contributed by atoms with E-state index in [1.165, 1.54) is 0 Å². The molecule has 0 aromatic carbocycles. The number of carbonyl (C=O) groups is 1. The zero-order chi connectivity index (χ0) is 7.28. The smallest absolute Gasteiger partial charge is 0.333 e. The van der Waals surface area contributed by atoms with Crippen LogP contribution in [0, 0.1) is 0 Å². The van der Waals surface area contributed by atoms with Gasteiger partial charge in [-0.25, -0.2) is 4.79 Å². The first-order chi connectivity index (χ1) is 4.18. The van der Waals surface area contributed by atoms with Crippen LogP contribution in [-0.4, -0.2) is 19.1 Å². The molecule has 5 N–H and O–H groups in total. The first kappa shape index (κ1) is 11.9. The van der Waals surface area contributed by atoms with Crippen LogP contribution in [0.25, 0.3) is 0 Å². The lowest BCUT2D eigenvalue weighted by atomic mass is 10.4. The van der Waals surface area contributed by atoms with E-state index in [2.05, 4.69) is 11.3 Å². The second-order valence-corrected chi connectivity index (χ2v) is 1.70. The van der Waals surface area contributed by atoms with Gasteiger partial charge in [0.2, 0.25) is 0 Å². The minimum atomic E-state index is -0.375. The Kier molecular flexibility index (Phi) is 7.42. The molecule has 10 heavy (non-hydrogen) atoms. The Morgan fingerprint density at radius 3 is 2.50 bits per heavy atom. The number of carbonyl (C=O) groups excluding carboxylic acids is 1. The number of rotatable bonds is 3. The lowest BCUT2D eigenvalue weighted by Gasteiger charge is -1.99. The zero-order valence-corrected chi connectivity index (χ0v) is 6.22. The van der Waals surface area contributed by atoms with Gasteiger partial charge in [0.1, 0.15) is 6.61 Å². The Morgan fingerprint density at radius 2 is 2.20 bits per heavy atom. The molecule has 0 heterocycles. The first-order valence-electron chi connectivity index (χ1n) is 2.71. The van der Waals surface area contributed by atoms with E-state index in [4.69, 9.17) is 5.73 Å². The van der Waals surface area contributed by atoms with Gasteiger partial charge in [0.05, 0.1) is 0 Å². The van der Waals surface area contributed by atoms with E-state index in [1.54, 1.807) is 6.92 Å². The Hall–Kier alpha value is -0.870. The maximum atomic E-state index is 10.5. The summed E-state index contributed by atoms with van der Waals surface area (Å²) in [5.74, 6) is -0.375. The lowest BCUT2D eigenvalue weighted by Crippen LogP contribution is -2.13. The number of nitrogens with two attached hydrogens (primary N) is 1. The zero-order valence-electron chi connectivity index (χ0n) is 6.22.